The minimum absolute atomic E-state index is 0.113. The first-order chi connectivity index (χ1) is 10.1. The van der Waals surface area contributed by atoms with E-state index in [0.717, 1.165) is 6.42 Å². The van der Waals surface area contributed by atoms with E-state index in [9.17, 15) is 9.59 Å². The summed E-state index contributed by atoms with van der Waals surface area (Å²) in [5, 5.41) is 2.95. The molecule has 2 atom stereocenters. The van der Waals surface area contributed by atoms with Gasteiger partial charge in [-0.2, -0.15) is 0 Å². The third kappa shape index (κ3) is 3.05. The molecule has 3 rings (SSSR count). The van der Waals surface area contributed by atoms with Crippen LogP contribution in [0.15, 0.2) is 53.5 Å². The summed E-state index contributed by atoms with van der Waals surface area (Å²) in [6.07, 6.45) is 2.69. The number of carbonyl (C=O) groups excluding carboxylic acids is 1. The number of benzene rings is 1. The Balaban J connectivity index is 1.55. The Morgan fingerprint density at radius 1 is 1.24 bits per heavy atom. The van der Waals surface area contributed by atoms with E-state index in [2.05, 4.69) is 17.4 Å². The highest BCUT2D eigenvalue weighted by Crippen LogP contribution is 2.46. The van der Waals surface area contributed by atoms with Crippen LogP contribution in [-0.2, 0) is 7.05 Å². The molecule has 0 unspecified atom stereocenters. The number of aromatic nitrogens is 1. The van der Waals surface area contributed by atoms with Crippen LogP contribution >= 0.6 is 0 Å². The summed E-state index contributed by atoms with van der Waals surface area (Å²) in [6, 6.07) is 13.4. The Bertz CT molecular complexity index is 706. The summed E-state index contributed by atoms with van der Waals surface area (Å²) in [4.78, 5) is 23.4. The van der Waals surface area contributed by atoms with Crippen LogP contribution in [-0.4, -0.2) is 17.0 Å². The Hall–Kier alpha value is -2.36. The van der Waals surface area contributed by atoms with Gasteiger partial charge in [-0.15, -0.1) is 0 Å². The van der Waals surface area contributed by atoms with E-state index in [1.54, 1.807) is 19.3 Å². The van der Waals surface area contributed by atoms with Gasteiger partial charge in [0.25, 0.3) is 5.91 Å². The predicted octanol–water partition coefficient (Wildman–Crippen LogP) is 1.92. The Morgan fingerprint density at radius 3 is 2.71 bits per heavy atom. The molecule has 1 aliphatic rings. The summed E-state index contributed by atoms with van der Waals surface area (Å²) in [5.74, 6) is 0.958. The van der Waals surface area contributed by atoms with Crippen molar-refractivity contribution in [2.24, 2.45) is 13.0 Å². The van der Waals surface area contributed by atoms with Crippen LogP contribution in [0.25, 0.3) is 0 Å². The average Bonchev–Trinajstić information content (AvgIpc) is 3.28. The molecule has 108 valence electrons. The third-order valence-corrected chi connectivity index (χ3v) is 4.02. The summed E-state index contributed by atoms with van der Waals surface area (Å²) < 4.78 is 1.42. The zero-order valence-electron chi connectivity index (χ0n) is 12.0. The molecule has 4 nitrogen and oxygen atoms in total. The van der Waals surface area contributed by atoms with Gasteiger partial charge in [-0.3, -0.25) is 9.59 Å². The SMILES string of the molecule is Cn1cc(C(=O)NC[C@H]2C[C@@H]2c2ccccc2)ccc1=O. The van der Waals surface area contributed by atoms with Gasteiger partial charge in [0.15, 0.2) is 0 Å². The molecule has 2 aromatic rings. The number of carbonyl (C=O) groups is 1. The molecule has 0 spiro atoms. The van der Waals surface area contributed by atoms with Crippen LogP contribution in [0.5, 0.6) is 0 Å². The number of pyridine rings is 1. The Kier molecular flexibility index (Phi) is 3.60. The Morgan fingerprint density at radius 2 is 2.00 bits per heavy atom. The van der Waals surface area contributed by atoms with Crippen molar-refractivity contribution in [2.75, 3.05) is 6.54 Å². The predicted molar refractivity (Wildman–Crippen MR) is 81.3 cm³/mol. The lowest BCUT2D eigenvalue weighted by Crippen LogP contribution is -2.27. The van der Waals surface area contributed by atoms with E-state index in [0.29, 0.717) is 23.9 Å². The van der Waals surface area contributed by atoms with Crippen molar-refractivity contribution in [1.29, 1.82) is 0 Å². The van der Waals surface area contributed by atoms with Gasteiger partial charge >= 0.3 is 0 Å². The van der Waals surface area contributed by atoms with E-state index in [1.165, 1.54) is 16.2 Å². The molecule has 1 aromatic carbocycles. The van der Waals surface area contributed by atoms with Gasteiger partial charge in [-0.1, -0.05) is 30.3 Å². The molecule has 1 saturated carbocycles. The molecule has 0 radical (unpaired) electrons. The van der Waals surface area contributed by atoms with Crippen LogP contribution in [0.4, 0.5) is 0 Å². The quantitative estimate of drug-likeness (QED) is 0.931. The molecule has 1 heterocycles. The Labute approximate surface area is 123 Å². The van der Waals surface area contributed by atoms with Crippen molar-refractivity contribution in [3.8, 4) is 0 Å². The number of nitrogens with zero attached hydrogens (tertiary/aromatic N) is 1. The van der Waals surface area contributed by atoms with Gasteiger partial charge in [0, 0.05) is 25.9 Å². The number of hydrogen-bond donors (Lipinski definition) is 1. The van der Waals surface area contributed by atoms with Gasteiger partial charge < -0.3 is 9.88 Å². The first-order valence-electron chi connectivity index (χ1n) is 7.15. The van der Waals surface area contributed by atoms with Crippen LogP contribution in [0.2, 0.25) is 0 Å². The normalized spacial score (nSPS) is 20.0. The summed E-state index contributed by atoms with van der Waals surface area (Å²) in [5.41, 5.74) is 1.76. The standard InChI is InChI=1S/C17H18N2O2/c1-19-11-13(7-8-16(19)20)17(21)18-10-14-9-15(14)12-5-3-2-4-6-12/h2-8,11,14-15H,9-10H2,1H3,(H,18,21)/t14-,15-/m1/s1. The fraction of sp³-hybridized carbons (Fsp3) is 0.294. The second-order valence-electron chi connectivity index (χ2n) is 5.59. The van der Waals surface area contributed by atoms with E-state index in [4.69, 9.17) is 0 Å². The van der Waals surface area contributed by atoms with Crippen molar-refractivity contribution in [3.05, 3.63) is 70.1 Å². The molecule has 0 bridgehead atoms. The maximum absolute atomic E-state index is 12.1. The van der Waals surface area contributed by atoms with Crippen LogP contribution in [0, 0.1) is 5.92 Å². The van der Waals surface area contributed by atoms with E-state index in [1.807, 2.05) is 18.2 Å². The van der Waals surface area contributed by atoms with Gasteiger partial charge in [-0.25, -0.2) is 0 Å². The van der Waals surface area contributed by atoms with Gasteiger partial charge in [-0.05, 0) is 29.9 Å². The molecule has 21 heavy (non-hydrogen) atoms. The van der Waals surface area contributed by atoms with Crippen molar-refractivity contribution in [2.45, 2.75) is 12.3 Å². The second kappa shape index (κ2) is 5.56. The highest BCUT2D eigenvalue weighted by atomic mass is 16.2. The maximum atomic E-state index is 12.1. The number of nitrogens with one attached hydrogen (secondary N) is 1. The molecule has 1 aliphatic carbocycles. The van der Waals surface area contributed by atoms with Crippen molar-refractivity contribution in [3.63, 3.8) is 0 Å². The minimum atomic E-state index is -0.121. The molecule has 1 aromatic heterocycles. The molecule has 1 fully saturated rings. The van der Waals surface area contributed by atoms with Gasteiger partial charge in [0.05, 0.1) is 5.56 Å². The number of aryl methyl sites for hydroxylation is 1. The summed E-state index contributed by atoms with van der Waals surface area (Å²) >= 11 is 0. The molecule has 0 saturated heterocycles. The largest absolute Gasteiger partial charge is 0.352 e. The van der Waals surface area contributed by atoms with E-state index >= 15 is 0 Å². The highest BCUT2D eigenvalue weighted by molar-refractivity contribution is 5.93. The van der Waals surface area contributed by atoms with Crippen LogP contribution in [0.1, 0.15) is 28.3 Å². The van der Waals surface area contributed by atoms with Gasteiger partial charge in [0.2, 0.25) is 5.56 Å². The first-order valence-corrected chi connectivity index (χ1v) is 7.15. The fourth-order valence-corrected chi connectivity index (χ4v) is 2.64. The number of rotatable bonds is 4. The van der Waals surface area contributed by atoms with E-state index in [-0.39, 0.29) is 11.5 Å². The zero-order chi connectivity index (χ0) is 14.8. The fourth-order valence-electron chi connectivity index (χ4n) is 2.64. The third-order valence-electron chi connectivity index (χ3n) is 4.02. The summed E-state index contributed by atoms with van der Waals surface area (Å²) in [7, 11) is 1.64. The minimum Gasteiger partial charge on any atom is -0.352 e. The van der Waals surface area contributed by atoms with Crippen LogP contribution < -0.4 is 10.9 Å². The molecular formula is C17H18N2O2. The lowest BCUT2D eigenvalue weighted by Gasteiger charge is -2.06. The molecule has 1 N–H and O–H groups in total. The topological polar surface area (TPSA) is 51.1 Å². The average molecular weight is 282 g/mol. The molecule has 4 heteroatoms. The molecule has 1 amide bonds. The van der Waals surface area contributed by atoms with Crippen molar-refractivity contribution in [1.82, 2.24) is 9.88 Å². The summed E-state index contributed by atoms with van der Waals surface area (Å²) in [6.45, 7) is 0.682. The zero-order valence-corrected chi connectivity index (χ0v) is 12.0. The van der Waals surface area contributed by atoms with Crippen molar-refractivity contribution < 1.29 is 4.79 Å². The molecule has 0 aliphatic heterocycles. The molecular weight excluding hydrogens is 264 g/mol. The van der Waals surface area contributed by atoms with Gasteiger partial charge in [0.1, 0.15) is 0 Å². The second-order valence-corrected chi connectivity index (χ2v) is 5.59. The van der Waals surface area contributed by atoms with E-state index < -0.39 is 0 Å². The lowest BCUT2D eigenvalue weighted by molar-refractivity contribution is 0.0951. The lowest BCUT2D eigenvalue weighted by atomic mass is 10.1. The van der Waals surface area contributed by atoms with Crippen LogP contribution in [0.3, 0.4) is 0 Å². The highest BCUT2D eigenvalue weighted by Gasteiger charge is 2.38. The number of amides is 1. The monoisotopic (exact) mass is 282 g/mol. The van der Waals surface area contributed by atoms with Crippen molar-refractivity contribution >= 4 is 5.91 Å². The maximum Gasteiger partial charge on any atom is 0.252 e. The first kappa shape index (κ1) is 13.6. The number of hydrogen-bond acceptors (Lipinski definition) is 2. The smallest absolute Gasteiger partial charge is 0.252 e.